The van der Waals surface area contributed by atoms with Crippen molar-refractivity contribution in [3.05, 3.63) is 24.3 Å². The first-order valence-electron chi connectivity index (χ1n) is 9.12. The molecule has 0 saturated carbocycles. The van der Waals surface area contributed by atoms with Crippen molar-refractivity contribution >= 4 is 23.4 Å². The molecule has 2 aliphatic rings. The Balaban J connectivity index is 1.74. The summed E-state index contributed by atoms with van der Waals surface area (Å²) in [6, 6.07) is 7.56. The predicted octanol–water partition coefficient (Wildman–Crippen LogP) is 2.76. The fourth-order valence-electron chi connectivity index (χ4n) is 3.72. The maximum atomic E-state index is 12.6. The molecule has 2 N–H and O–H groups in total. The highest BCUT2D eigenvalue weighted by atomic mass is 16.6. The maximum absolute atomic E-state index is 12.6. The Bertz CT molecular complexity index is 631. The van der Waals surface area contributed by atoms with Gasteiger partial charge >= 0.3 is 6.09 Å². The van der Waals surface area contributed by atoms with E-state index in [-0.39, 0.29) is 18.1 Å². The van der Waals surface area contributed by atoms with Gasteiger partial charge in [-0.15, -0.1) is 0 Å². The molecule has 136 valence electrons. The van der Waals surface area contributed by atoms with Crippen LogP contribution in [0.4, 0.5) is 16.2 Å². The van der Waals surface area contributed by atoms with Crippen LogP contribution in [-0.2, 0) is 9.53 Å². The number of carbonyl (C=O) groups is 2. The van der Waals surface area contributed by atoms with Crippen LogP contribution in [0.3, 0.4) is 0 Å². The number of ether oxygens (including phenoxy) is 1. The van der Waals surface area contributed by atoms with E-state index in [1.165, 1.54) is 0 Å². The predicted molar refractivity (Wildman–Crippen MR) is 97.6 cm³/mol. The van der Waals surface area contributed by atoms with Crippen molar-refractivity contribution in [2.75, 3.05) is 29.4 Å². The number of carbonyl (C=O) groups excluding carboxylic acids is 2. The third-order valence-electron chi connectivity index (χ3n) is 5.49. The molecule has 2 fully saturated rings. The Morgan fingerprint density at radius 1 is 1.16 bits per heavy atom. The molecule has 2 heterocycles. The standard InChI is InChI=1S/C19H27N3O3/c1-3-14-10-18(23)21(9-8-13(14)2)15-4-6-16(7-5-15)22-12-17(11-20)25-19(22)24/h4-7,13-14,17H,3,8-12,20H2,1-2H3. The molecule has 2 amide bonds. The lowest BCUT2D eigenvalue weighted by Crippen LogP contribution is -2.31. The Morgan fingerprint density at radius 2 is 1.80 bits per heavy atom. The van der Waals surface area contributed by atoms with Crippen LogP contribution in [0.1, 0.15) is 33.1 Å². The summed E-state index contributed by atoms with van der Waals surface area (Å²) < 4.78 is 5.19. The van der Waals surface area contributed by atoms with Crippen LogP contribution in [0.5, 0.6) is 0 Å². The molecule has 1 aromatic carbocycles. The number of nitrogens with zero attached hydrogens (tertiary/aromatic N) is 2. The summed E-state index contributed by atoms with van der Waals surface area (Å²) in [6.45, 7) is 5.92. The molecule has 0 aliphatic carbocycles. The van der Waals surface area contributed by atoms with Crippen LogP contribution in [0, 0.1) is 11.8 Å². The maximum Gasteiger partial charge on any atom is 0.414 e. The zero-order valence-electron chi connectivity index (χ0n) is 15.0. The van der Waals surface area contributed by atoms with Gasteiger partial charge in [0, 0.05) is 30.9 Å². The Morgan fingerprint density at radius 3 is 2.36 bits per heavy atom. The first kappa shape index (κ1) is 17.7. The van der Waals surface area contributed by atoms with Crippen molar-refractivity contribution in [1.29, 1.82) is 0 Å². The summed E-state index contributed by atoms with van der Waals surface area (Å²) in [7, 11) is 0. The lowest BCUT2D eigenvalue weighted by Gasteiger charge is -2.22. The lowest BCUT2D eigenvalue weighted by atomic mass is 9.87. The molecular weight excluding hydrogens is 318 g/mol. The number of anilines is 2. The molecule has 25 heavy (non-hydrogen) atoms. The third kappa shape index (κ3) is 3.63. The van der Waals surface area contributed by atoms with Gasteiger partial charge in [-0.1, -0.05) is 20.3 Å². The van der Waals surface area contributed by atoms with E-state index in [1.54, 1.807) is 4.90 Å². The molecule has 0 aromatic heterocycles. The number of hydrogen-bond donors (Lipinski definition) is 1. The SMILES string of the molecule is CCC1CC(=O)N(c2ccc(N3CC(CN)OC3=O)cc2)CCC1C. The van der Waals surface area contributed by atoms with Gasteiger partial charge in [0.05, 0.1) is 6.54 Å². The van der Waals surface area contributed by atoms with Gasteiger partial charge in [0.15, 0.2) is 0 Å². The van der Waals surface area contributed by atoms with Gasteiger partial charge in [0.1, 0.15) is 6.10 Å². The molecule has 6 heteroatoms. The Labute approximate surface area is 148 Å². The van der Waals surface area contributed by atoms with E-state index >= 15 is 0 Å². The van der Waals surface area contributed by atoms with Crippen LogP contribution in [0.25, 0.3) is 0 Å². The van der Waals surface area contributed by atoms with Crippen molar-refractivity contribution in [3.8, 4) is 0 Å². The molecule has 3 unspecified atom stereocenters. The molecule has 6 nitrogen and oxygen atoms in total. The van der Waals surface area contributed by atoms with E-state index < -0.39 is 0 Å². The van der Waals surface area contributed by atoms with Gasteiger partial charge in [-0.25, -0.2) is 4.79 Å². The van der Waals surface area contributed by atoms with Gasteiger partial charge in [0.25, 0.3) is 0 Å². The third-order valence-corrected chi connectivity index (χ3v) is 5.49. The van der Waals surface area contributed by atoms with Crippen molar-refractivity contribution < 1.29 is 14.3 Å². The van der Waals surface area contributed by atoms with Crippen LogP contribution in [0.15, 0.2) is 24.3 Å². The van der Waals surface area contributed by atoms with Gasteiger partial charge < -0.3 is 15.4 Å². The van der Waals surface area contributed by atoms with E-state index in [2.05, 4.69) is 13.8 Å². The van der Waals surface area contributed by atoms with Crippen LogP contribution in [0.2, 0.25) is 0 Å². The molecular formula is C19H27N3O3. The lowest BCUT2D eigenvalue weighted by molar-refractivity contribution is -0.119. The average Bonchev–Trinajstić information content (AvgIpc) is 2.93. The van der Waals surface area contributed by atoms with E-state index in [9.17, 15) is 9.59 Å². The summed E-state index contributed by atoms with van der Waals surface area (Å²) >= 11 is 0. The molecule has 0 radical (unpaired) electrons. The van der Waals surface area contributed by atoms with E-state index in [0.29, 0.717) is 31.3 Å². The number of nitrogens with two attached hydrogens (primary N) is 1. The van der Waals surface area contributed by atoms with Crippen molar-refractivity contribution in [3.63, 3.8) is 0 Å². The van der Waals surface area contributed by atoms with E-state index in [4.69, 9.17) is 10.5 Å². The largest absolute Gasteiger partial charge is 0.443 e. The second-order valence-corrected chi connectivity index (χ2v) is 7.05. The van der Waals surface area contributed by atoms with Crippen LogP contribution >= 0.6 is 0 Å². The fraction of sp³-hybridized carbons (Fsp3) is 0.579. The van der Waals surface area contributed by atoms with Gasteiger partial charge in [-0.2, -0.15) is 0 Å². The van der Waals surface area contributed by atoms with Crippen LogP contribution in [-0.4, -0.2) is 37.7 Å². The van der Waals surface area contributed by atoms with Crippen molar-refractivity contribution in [2.45, 2.75) is 39.2 Å². The molecule has 3 atom stereocenters. The van der Waals surface area contributed by atoms with Crippen molar-refractivity contribution in [2.24, 2.45) is 17.6 Å². The minimum atomic E-state index is -0.367. The van der Waals surface area contributed by atoms with Crippen molar-refractivity contribution in [1.82, 2.24) is 0 Å². The van der Waals surface area contributed by atoms with Gasteiger partial charge in [0.2, 0.25) is 5.91 Å². The number of rotatable bonds is 4. The average molecular weight is 345 g/mol. The summed E-state index contributed by atoms with van der Waals surface area (Å²) in [4.78, 5) is 28.0. The normalized spacial score (nSPS) is 27.4. The zero-order chi connectivity index (χ0) is 18.0. The molecule has 2 aliphatic heterocycles. The quantitative estimate of drug-likeness (QED) is 0.910. The minimum Gasteiger partial charge on any atom is -0.443 e. The molecule has 3 rings (SSSR count). The topological polar surface area (TPSA) is 75.9 Å². The highest BCUT2D eigenvalue weighted by Crippen LogP contribution is 2.31. The monoisotopic (exact) mass is 345 g/mol. The first-order valence-corrected chi connectivity index (χ1v) is 9.12. The highest BCUT2D eigenvalue weighted by molar-refractivity contribution is 5.94. The highest BCUT2D eigenvalue weighted by Gasteiger charge is 2.32. The van der Waals surface area contributed by atoms with E-state index in [1.807, 2.05) is 29.2 Å². The number of amides is 2. The Kier molecular flexibility index (Phi) is 5.27. The number of benzene rings is 1. The summed E-state index contributed by atoms with van der Waals surface area (Å²) in [5, 5.41) is 0. The molecule has 1 aromatic rings. The number of hydrogen-bond acceptors (Lipinski definition) is 4. The second-order valence-electron chi connectivity index (χ2n) is 7.05. The zero-order valence-corrected chi connectivity index (χ0v) is 15.0. The van der Waals surface area contributed by atoms with E-state index in [0.717, 1.165) is 30.8 Å². The molecule has 0 spiro atoms. The Hall–Kier alpha value is -2.08. The summed E-state index contributed by atoms with van der Waals surface area (Å²) in [6.07, 6.45) is 2.04. The van der Waals surface area contributed by atoms with Gasteiger partial charge in [-0.05, 0) is 42.5 Å². The van der Waals surface area contributed by atoms with Crippen LogP contribution < -0.4 is 15.5 Å². The van der Waals surface area contributed by atoms with Gasteiger partial charge in [-0.3, -0.25) is 9.69 Å². The summed E-state index contributed by atoms with van der Waals surface area (Å²) in [5.74, 6) is 1.21. The molecule has 0 bridgehead atoms. The number of cyclic esters (lactones) is 1. The fourth-order valence-corrected chi connectivity index (χ4v) is 3.72. The minimum absolute atomic E-state index is 0.188. The summed E-state index contributed by atoms with van der Waals surface area (Å²) in [5.41, 5.74) is 7.23. The second kappa shape index (κ2) is 7.44. The smallest absolute Gasteiger partial charge is 0.414 e. The molecule has 2 saturated heterocycles. The first-order chi connectivity index (χ1) is 12.0.